The Labute approximate surface area is 138 Å². The molecule has 5 nitrogen and oxygen atoms in total. The fourth-order valence-corrected chi connectivity index (χ4v) is 3.07. The molecule has 0 unspecified atom stereocenters. The van der Waals surface area contributed by atoms with Gasteiger partial charge in [-0.25, -0.2) is 4.79 Å². The summed E-state index contributed by atoms with van der Waals surface area (Å²) in [5, 5.41) is 0. The Balaban J connectivity index is 1.84. The van der Waals surface area contributed by atoms with Crippen molar-refractivity contribution in [2.24, 2.45) is 11.7 Å². The van der Waals surface area contributed by atoms with Gasteiger partial charge in [0.1, 0.15) is 6.61 Å². The van der Waals surface area contributed by atoms with Crippen LogP contribution in [-0.4, -0.2) is 32.3 Å². The smallest absolute Gasteiger partial charge is 0.338 e. The Kier molecular flexibility index (Phi) is 7.36. The van der Waals surface area contributed by atoms with Crippen molar-refractivity contribution in [1.82, 2.24) is 0 Å². The van der Waals surface area contributed by atoms with Crippen LogP contribution in [0.3, 0.4) is 0 Å². The quantitative estimate of drug-likeness (QED) is 0.436. The van der Waals surface area contributed by atoms with Crippen molar-refractivity contribution >= 4 is 11.7 Å². The van der Waals surface area contributed by atoms with Gasteiger partial charge in [-0.2, -0.15) is 0 Å². The Hall–Kier alpha value is -1.59. The van der Waals surface area contributed by atoms with Crippen LogP contribution in [0.2, 0.25) is 0 Å². The van der Waals surface area contributed by atoms with Crippen LogP contribution in [0.15, 0.2) is 18.2 Å². The third-order valence-corrected chi connectivity index (χ3v) is 4.34. The number of hydrogen-bond acceptors (Lipinski definition) is 5. The van der Waals surface area contributed by atoms with Crippen LogP contribution >= 0.6 is 0 Å². The highest BCUT2D eigenvalue weighted by atomic mass is 16.6. The van der Waals surface area contributed by atoms with Crippen LogP contribution in [0.25, 0.3) is 0 Å². The van der Waals surface area contributed by atoms with Crippen LogP contribution in [-0.2, 0) is 15.9 Å². The molecule has 1 fully saturated rings. The third kappa shape index (κ3) is 5.84. The largest absolute Gasteiger partial charge is 0.460 e. The molecule has 1 saturated carbocycles. The second-order valence-corrected chi connectivity index (χ2v) is 6.16. The van der Waals surface area contributed by atoms with E-state index in [9.17, 15) is 4.79 Å². The average molecular weight is 320 g/mol. The summed E-state index contributed by atoms with van der Waals surface area (Å²) in [6.45, 7) is 1.52. The highest BCUT2D eigenvalue weighted by molar-refractivity contribution is 5.90. The van der Waals surface area contributed by atoms with Gasteiger partial charge in [0.2, 0.25) is 0 Å². The second kappa shape index (κ2) is 9.53. The zero-order valence-electron chi connectivity index (χ0n) is 13.8. The number of rotatable bonds is 8. The highest BCUT2D eigenvalue weighted by Crippen LogP contribution is 2.29. The van der Waals surface area contributed by atoms with Crippen LogP contribution in [0.5, 0.6) is 0 Å². The summed E-state index contributed by atoms with van der Waals surface area (Å²) < 4.78 is 10.3. The highest BCUT2D eigenvalue weighted by Gasteiger charge is 2.16. The number of anilines is 1. The SMILES string of the molecule is NCCOCCOC(=O)c1ccc(CC2CCCCC2)c(N)c1. The molecule has 0 atom stereocenters. The molecule has 4 N–H and O–H groups in total. The van der Waals surface area contributed by atoms with E-state index in [1.807, 2.05) is 6.07 Å². The first kappa shape index (κ1) is 17.8. The molecule has 0 spiro atoms. The van der Waals surface area contributed by atoms with Gasteiger partial charge in [-0.3, -0.25) is 0 Å². The lowest BCUT2D eigenvalue weighted by Crippen LogP contribution is -2.15. The molecule has 0 amide bonds. The number of nitrogen functional groups attached to an aromatic ring is 1. The van der Waals surface area contributed by atoms with Crippen molar-refractivity contribution in [2.45, 2.75) is 38.5 Å². The molecule has 1 aromatic carbocycles. The minimum Gasteiger partial charge on any atom is -0.460 e. The Morgan fingerprint density at radius 3 is 2.61 bits per heavy atom. The summed E-state index contributed by atoms with van der Waals surface area (Å²) in [4.78, 5) is 12.0. The Bertz CT molecular complexity index is 499. The number of nitrogens with two attached hydrogens (primary N) is 2. The van der Waals surface area contributed by atoms with Crippen molar-refractivity contribution in [1.29, 1.82) is 0 Å². The summed E-state index contributed by atoms with van der Waals surface area (Å²) in [5.41, 5.74) is 13.8. The van der Waals surface area contributed by atoms with Crippen molar-refractivity contribution in [3.8, 4) is 0 Å². The van der Waals surface area contributed by atoms with Crippen molar-refractivity contribution in [3.63, 3.8) is 0 Å². The molecule has 2 rings (SSSR count). The molecule has 0 heterocycles. The summed E-state index contributed by atoms with van der Waals surface area (Å²) in [6, 6.07) is 5.49. The third-order valence-electron chi connectivity index (χ3n) is 4.34. The number of hydrogen-bond donors (Lipinski definition) is 2. The van der Waals surface area contributed by atoms with E-state index in [1.165, 1.54) is 32.1 Å². The molecule has 0 bridgehead atoms. The van der Waals surface area contributed by atoms with Gasteiger partial charge in [-0.15, -0.1) is 0 Å². The van der Waals surface area contributed by atoms with Crippen molar-refractivity contribution in [2.75, 3.05) is 32.1 Å². The van der Waals surface area contributed by atoms with Gasteiger partial charge in [-0.05, 0) is 30.0 Å². The van der Waals surface area contributed by atoms with E-state index in [2.05, 4.69) is 0 Å². The molecule has 1 aliphatic rings. The molecule has 128 valence electrons. The lowest BCUT2D eigenvalue weighted by atomic mass is 9.84. The molecule has 23 heavy (non-hydrogen) atoms. The molecule has 1 aromatic rings. The normalized spacial score (nSPS) is 15.5. The van der Waals surface area contributed by atoms with E-state index in [0.717, 1.165) is 17.9 Å². The predicted molar refractivity (Wildman–Crippen MR) is 91.3 cm³/mol. The average Bonchev–Trinajstić information content (AvgIpc) is 2.57. The molecule has 1 aliphatic carbocycles. The van der Waals surface area contributed by atoms with Gasteiger partial charge in [0, 0.05) is 12.2 Å². The maximum Gasteiger partial charge on any atom is 0.338 e. The van der Waals surface area contributed by atoms with Crippen LogP contribution in [0, 0.1) is 5.92 Å². The van der Waals surface area contributed by atoms with Gasteiger partial charge in [0.05, 0.1) is 18.8 Å². The first-order chi connectivity index (χ1) is 11.2. The molecule has 0 saturated heterocycles. The number of carbonyl (C=O) groups is 1. The van der Waals surface area contributed by atoms with Gasteiger partial charge < -0.3 is 20.9 Å². The number of esters is 1. The first-order valence-corrected chi connectivity index (χ1v) is 8.54. The van der Waals surface area contributed by atoms with E-state index >= 15 is 0 Å². The van der Waals surface area contributed by atoms with Gasteiger partial charge in [0.25, 0.3) is 0 Å². The number of carbonyl (C=O) groups excluding carboxylic acids is 1. The van der Waals surface area contributed by atoms with E-state index in [0.29, 0.717) is 31.0 Å². The number of benzene rings is 1. The fraction of sp³-hybridized carbons (Fsp3) is 0.611. The van der Waals surface area contributed by atoms with E-state index in [-0.39, 0.29) is 12.6 Å². The van der Waals surface area contributed by atoms with Crippen LogP contribution in [0.1, 0.15) is 48.0 Å². The van der Waals surface area contributed by atoms with E-state index in [1.54, 1.807) is 12.1 Å². The number of ether oxygens (including phenoxy) is 2. The van der Waals surface area contributed by atoms with Crippen LogP contribution < -0.4 is 11.5 Å². The summed E-state index contributed by atoms with van der Waals surface area (Å²) >= 11 is 0. The molecular weight excluding hydrogens is 292 g/mol. The molecule has 0 radical (unpaired) electrons. The topological polar surface area (TPSA) is 87.6 Å². The van der Waals surface area contributed by atoms with E-state index in [4.69, 9.17) is 20.9 Å². The molecule has 0 aliphatic heterocycles. The molecule has 0 aromatic heterocycles. The maximum absolute atomic E-state index is 12.0. The van der Waals surface area contributed by atoms with Gasteiger partial charge >= 0.3 is 5.97 Å². The summed E-state index contributed by atoms with van der Waals surface area (Å²) in [5.74, 6) is 0.362. The maximum atomic E-state index is 12.0. The lowest BCUT2D eigenvalue weighted by Gasteiger charge is -2.22. The van der Waals surface area contributed by atoms with Crippen LogP contribution in [0.4, 0.5) is 5.69 Å². The van der Waals surface area contributed by atoms with Gasteiger partial charge in [0.15, 0.2) is 0 Å². The van der Waals surface area contributed by atoms with Crippen molar-refractivity contribution in [3.05, 3.63) is 29.3 Å². The van der Waals surface area contributed by atoms with E-state index < -0.39 is 0 Å². The van der Waals surface area contributed by atoms with Gasteiger partial charge in [-0.1, -0.05) is 38.2 Å². The minimum atomic E-state index is -0.364. The zero-order chi connectivity index (χ0) is 16.5. The lowest BCUT2D eigenvalue weighted by molar-refractivity contribution is 0.0328. The molecule has 5 heteroatoms. The minimum absolute atomic E-state index is 0.225. The molecular formula is C18H28N2O3. The Morgan fingerprint density at radius 1 is 1.13 bits per heavy atom. The monoisotopic (exact) mass is 320 g/mol. The first-order valence-electron chi connectivity index (χ1n) is 8.54. The second-order valence-electron chi connectivity index (χ2n) is 6.16. The zero-order valence-corrected chi connectivity index (χ0v) is 13.8. The fourth-order valence-electron chi connectivity index (χ4n) is 3.07. The predicted octanol–water partition coefficient (Wildman–Crippen LogP) is 2.52. The summed E-state index contributed by atoms with van der Waals surface area (Å²) in [6.07, 6.45) is 7.57. The van der Waals surface area contributed by atoms with Crippen molar-refractivity contribution < 1.29 is 14.3 Å². The Morgan fingerprint density at radius 2 is 1.91 bits per heavy atom. The standard InChI is InChI=1S/C18H28N2O3/c19-8-9-22-10-11-23-18(21)16-7-6-15(17(20)13-16)12-14-4-2-1-3-5-14/h6-7,13-14H,1-5,8-12,19-20H2. The summed E-state index contributed by atoms with van der Waals surface area (Å²) in [7, 11) is 0.